The lowest BCUT2D eigenvalue weighted by atomic mass is 10.0. The smallest absolute Gasteiger partial charge is 0.302 e. The van der Waals surface area contributed by atoms with E-state index in [0.29, 0.717) is 12.4 Å². The van der Waals surface area contributed by atoms with Gasteiger partial charge in [-0.2, -0.15) is 5.21 Å². The molecule has 0 radical (unpaired) electrons. The van der Waals surface area contributed by atoms with Gasteiger partial charge in [0.05, 0.1) is 12.2 Å². The van der Waals surface area contributed by atoms with Crippen LogP contribution in [0.1, 0.15) is 37.6 Å². The van der Waals surface area contributed by atoms with Gasteiger partial charge in [-0.1, -0.05) is 50.1 Å². The number of pyridine rings is 1. The van der Waals surface area contributed by atoms with Gasteiger partial charge in [-0.3, -0.25) is 9.55 Å². The van der Waals surface area contributed by atoms with Crippen LogP contribution in [0.4, 0.5) is 0 Å². The summed E-state index contributed by atoms with van der Waals surface area (Å²) in [4.78, 5) is 17.2. The summed E-state index contributed by atoms with van der Waals surface area (Å²) >= 11 is 0. The average molecular weight is 403 g/mol. The minimum Gasteiger partial charge on any atom is -0.302 e. The molecule has 3 aromatic heterocycles. The second kappa shape index (κ2) is 8.86. The van der Waals surface area contributed by atoms with E-state index in [-0.39, 0.29) is 5.69 Å². The topological polar surface area (TPSA) is 94.3 Å². The number of nitrogens with one attached hydrogen (secondary N) is 1. The number of nitrogens with zero attached hydrogens (tertiary/aromatic N) is 6. The molecule has 1 aromatic carbocycles. The van der Waals surface area contributed by atoms with Gasteiger partial charge in [-0.15, -0.1) is 10.2 Å². The average Bonchev–Trinajstić information content (AvgIpc) is 3.39. The van der Waals surface area contributed by atoms with Crippen LogP contribution in [0.2, 0.25) is 0 Å². The Bertz CT molecular complexity index is 1160. The maximum absolute atomic E-state index is 12.6. The summed E-state index contributed by atoms with van der Waals surface area (Å²) in [6, 6.07) is 11.9. The Morgan fingerprint density at radius 2 is 1.90 bits per heavy atom. The molecule has 0 aliphatic heterocycles. The number of tetrazole rings is 1. The highest BCUT2D eigenvalue weighted by atomic mass is 16.1. The summed E-state index contributed by atoms with van der Waals surface area (Å²) in [6.45, 7) is 2.65. The fraction of sp³-hybridized carbons (Fsp3) is 0.318. The molecule has 0 amide bonds. The molecule has 3 heterocycles. The van der Waals surface area contributed by atoms with E-state index in [1.54, 1.807) is 11.6 Å². The zero-order valence-corrected chi connectivity index (χ0v) is 17.2. The maximum Gasteiger partial charge on any atom is 0.328 e. The highest BCUT2D eigenvalue weighted by Crippen LogP contribution is 2.29. The van der Waals surface area contributed by atoms with E-state index >= 15 is 0 Å². The lowest BCUT2D eigenvalue weighted by Crippen LogP contribution is -2.24. The summed E-state index contributed by atoms with van der Waals surface area (Å²) in [5.41, 5.74) is 4.73. The Hall–Kier alpha value is -3.55. The van der Waals surface area contributed by atoms with E-state index in [9.17, 15) is 4.79 Å². The number of unbranched alkanes of at least 4 members (excludes halogenated alkanes) is 2. The van der Waals surface area contributed by atoms with Crippen LogP contribution in [0, 0.1) is 0 Å². The third-order valence-corrected chi connectivity index (χ3v) is 5.23. The van der Waals surface area contributed by atoms with Crippen molar-refractivity contribution in [2.75, 3.05) is 0 Å². The first-order chi connectivity index (χ1) is 14.7. The minimum atomic E-state index is -0.00479. The zero-order chi connectivity index (χ0) is 20.9. The second-order valence-corrected chi connectivity index (χ2v) is 7.38. The SMILES string of the molecule is CCCCCc1cn(C)c(=O)n1Cc1ccc(-c2ccccc2-c2nn[nH]n2)cn1. The quantitative estimate of drug-likeness (QED) is 0.456. The standard InChI is InChI=1S/C22H25N7O/c1-3-4-5-8-18-15-28(2)22(30)29(18)14-17-12-11-16(13-23-17)19-9-6-7-10-20(19)21-24-26-27-25-21/h6-7,9-13,15H,3-5,8,14H2,1-2H3,(H,24,25,26,27). The number of hydrogen-bond acceptors (Lipinski definition) is 5. The molecule has 0 spiro atoms. The number of imidazole rings is 1. The van der Waals surface area contributed by atoms with E-state index in [4.69, 9.17) is 0 Å². The molecule has 0 saturated heterocycles. The molecule has 0 unspecified atom stereocenters. The Morgan fingerprint density at radius 1 is 1.07 bits per heavy atom. The minimum absolute atomic E-state index is 0.00479. The predicted octanol–water partition coefficient (Wildman–Crippen LogP) is 3.21. The molecule has 0 atom stereocenters. The number of aromatic nitrogens is 7. The lowest BCUT2D eigenvalue weighted by molar-refractivity contribution is 0.643. The molecular weight excluding hydrogens is 378 g/mol. The first-order valence-corrected chi connectivity index (χ1v) is 10.2. The number of aromatic amines is 1. The molecule has 0 fully saturated rings. The summed E-state index contributed by atoms with van der Waals surface area (Å²) in [7, 11) is 1.80. The number of hydrogen-bond donors (Lipinski definition) is 1. The molecule has 154 valence electrons. The number of aryl methyl sites for hydroxylation is 2. The van der Waals surface area contributed by atoms with Gasteiger partial charge in [0.25, 0.3) is 0 Å². The van der Waals surface area contributed by atoms with E-state index in [0.717, 1.165) is 53.8 Å². The van der Waals surface area contributed by atoms with Gasteiger partial charge in [0, 0.05) is 36.3 Å². The van der Waals surface area contributed by atoms with Gasteiger partial charge in [0.1, 0.15) is 0 Å². The van der Waals surface area contributed by atoms with E-state index in [1.165, 1.54) is 0 Å². The van der Waals surface area contributed by atoms with Crippen LogP contribution in [-0.2, 0) is 20.0 Å². The van der Waals surface area contributed by atoms with Crippen molar-refractivity contribution in [3.05, 3.63) is 70.7 Å². The van der Waals surface area contributed by atoms with Crippen LogP contribution in [-0.4, -0.2) is 34.7 Å². The highest BCUT2D eigenvalue weighted by Gasteiger charge is 2.13. The largest absolute Gasteiger partial charge is 0.328 e. The first-order valence-electron chi connectivity index (χ1n) is 10.2. The number of H-pyrrole nitrogens is 1. The molecule has 8 nitrogen and oxygen atoms in total. The van der Waals surface area contributed by atoms with Gasteiger partial charge in [-0.05, 0) is 29.7 Å². The molecule has 4 aromatic rings. The fourth-order valence-electron chi connectivity index (χ4n) is 3.63. The summed E-state index contributed by atoms with van der Waals surface area (Å²) in [5.74, 6) is 0.544. The Balaban J connectivity index is 1.59. The molecular formula is C22H25N7O. The predicted molar refractivity (Wildman–Crippen MR) is 115 cm³/mol. The maximum atomic E-state index is 12.6. The van der Waals surface area contributed by atoms with Crippen LogP contribution in [0.25, 0.3) is 22.5 Å². The van der Waals surface area contributed by atoms with Crippen LogP contribution in [0.3, 0.4) is 0 Å². The Kier molecular flexibility index (Phi) is 5.83. The monoisotopic (exact) mass is 403 g/mol. The Morgan fingerprint density at radius 3 is 2.60 bits per heavy atom. The van der Waals surface area contributed by atoms with Gasteiger partial charge in [0.15, 0.2) is 0 Å². The van der Waals surface area contributed by atoms with Crippen molar-refractivity contribution >= 4 is 0 Å². The zero-order valence-electron chi connectivity index (χ0n) is 17.2. The summed E-state index contributed by atoms with van der Waals surface area (Å²) < 4.78 is 3.47. The van der Waals surface area contributed by atoms with E-state index < -0.39 is 0 Å². The highest BCUT2D eigenvalue weighted by molar-refractivity contribution is 5.79. The molecule has 0 aliphatic rings. The van der Waals surface area contributed by atoms with Crippen LogP contribution < -0.4 is 5.69 Å². The Labute approximate surface area is 174 Å². The molecule has 4 rings (SSSR count). The molecule has 0 saturated carbocycles. The fourth-order valence-corrected chi connectivity index (χ4v) is 3.63. The third kappa shape index (κ3) is 4.07. The van der Waals surface area contributed by atoms with Gasteiger partial charge >= 0.3 is 5.69 Å². The van der Waals surface area contributed by atoms with Crippen LogP contribution in [0.5, 0.6) is 0 Å². The van der Waals surface area contributed by atoms with Crippen LogP contribution in [0.15, 0.2) is 53.6 Å². The van der Waals surface area contributed by atoms with Gasteiger partial charge < -0.3 is 4.57 Å². The van der Waals surface area contributed by atoms with Gasteiger partial charge in [0.2, 0.25) is 5.82 Å². The van der Waals surface area contributed by atoms with Crippen molar-refractivity contribution in [2.24, 2.45) is 7.05 Å². The summed E-state index contributed by atoms with van der Waals surface area (Å²) in [5, 5.41) is 14.3. The van der Waals surface area contributed by atoms with Crippen molar-refractivity contribution in [1.82, 2.24) is 34.7 Å². The van der Waals surface area contributed by atoms with Crippen molar-refractivity contribution < 1.29 is 0 Å². The first kappa shape index (κ1) is 19.8. The van der Waals surface area contributed by atoms with Crippen molar-refractivity contribution in [3.63, 3.8) is 0 Å². The van der Waals surface area contributed by atoms with Crippen molar-refractivity contribution in [1.29, 1.82) is 0 Å². The lowest BCUT2D eigenvalue weighted by Gasteiger charge is -2.09. The molecule has 0 bridgehead atoms. The second-order valence-electron chi connectivity index (χ2n) is 7.38. The van der Waals surface area contributed by atoms with E-state index in [2.05, 4.69) is 32.5 Å². The molecule has 1 N–H and O–H groups in total. The molecule has 30 heavy (non-hydrogen) atoms. The summed E-state index contributed by atoms with van der Waals surface area (Å²) in [6.07, 6.45) is 8.08. The van der Waals surface area contributed by atoms with Crippen molar-refractivity contribution in [2.45, 2.75) is 39.2 Å². The third-order valence-electron chi connectivity index (χ3n) is 5.23. The molecule has 0 aliphatic carbocycles. The van der Waals surface area contributed by atoms with Gasteiger partial charge in [-0.25, -0.2) is 4.79 Å². The van der Waals surface area contributed by atoms with Crippen molar-refractivity contribution in [3.8, 4) is 22.5 Å². The number of benzene rings is 1. The van der Waals surface area contributed by atoms with E-state index in [1.807, 2.05) is 53.4 Å². The molecule has 8 heteroatoms. The normalized spacial score (nSPS) is 11.1. The van der Waals surface area contributed by atoms with Crippen LogP contribution >= 0.6 is 0 Å². The number of rotatable bonds is 8.